The zero-order chi connectivity index (χ0) is 18.2. The Kier molecular flexibility index (Phi) is 5.72. The highest BCUT2D eigenvalue weighted by Gasteiger charge is 2.05. The second-order valence-corrected chi connectivity index (χ2v) is 5.52. The maximum Gasteiger partial charge on any atom is 0.337 e. The van der Waals surface area contributed by atoms with Gasteiger partial charge in [0.25, 0.3) is 0 Å². The Bertz CT molecular complexity index is 853. The molecule has 0 unspecified atom stereocenters. The summed E-state index contributed by atoms with van der Waals surface area (Å²) in [6, 6.07) is 17.1. The molecule has 0 bridgehead atoms. The molecule has 0 atom stereocenters. The van der Waals surface area contributed by atoms with Gasteiger partial charge in [-0.1, -0.05) is 30.3 Å². The van der Waals surface area contributed by atoms with Gasteiger partial charge in [0.1, 0.15) is 0 Å². The average molecular weight is 349 g/mol. The number of methoxy groups -OCH3 is 1. The summed E-state index contributed by atoms with van der Waals surface area (Å²) in [6.45, 7) is 0.711. The monoisotopic (exact) mass is 349 g/mol. The summed E-state index contributed by atoms with van der Waals surface area (Å²) < 4.78 is 4.68. The van der Waals surface area contributed by atoms with Gasteiger partial charge in [0.05, 0.1) is 18.9 Å². The topological polar surface area (TPSA) is 89.0 Å². The van der Waals surface area contributed by atoms with Gasteiger partial charge >= 0.3 is 5.97 Å². The Balaban J connectivity index is 1.57. The van der Waals surface area contributed by atoms with Crippen LogP contribution in [0.2, 0.25) is 0 Å². The van der Waals surface area contributed by atoms with Crippen LogP contribution in [0.4, 0.5) is 17.5 Å². The van der Waals surface area contributed by atoms with Crippen LogP contribution in [0.25, 0.3) is 0 Å². The molecule has 0 aliphatic carbocycles. The van der Waals surface area contributed by atoms with Gasteiger partial charge in [-0.2, -0.15) is 10.1 Å². The number of aromatic nitrogens is 3. The molecule has 2 N–H and O–H groups in total. The Morgan fingerprint density at radius 2 is 1.85 bits per heavy atom. The van der Waals surface area contributed by atoms with Crippen LogP contribution in [-0.4, -0.2) is 34.8 Å². The molecule has 3 rings (SSSR count). The molecule has 3 aromatic rings. The summed E-state index contributed by atoms with van der Waals surface area (Å²) in [5.41, 5.74) is 2.52. The summed E-state index contributed by atoms with van der Waals surface area (Å²) >= 11 is 0. The number of esters is 1. The van der Waals surface area contributed by atoms with Crippen molar-refractivity contribution in [3.8, 4) is 0 Å². The highest BCUT2D eigenvalue weighted by atomic mass is 16.5. The molecule has 0 aliphatic rings. The van der Waals surface area contributed by atoms with Gasteiger partial charge in [-0.05, 0) is 36.2 Å². The van der Waals surface area contributed by atoms with Crippen molar-refractivity contribution < 1.29 is 9.53 Å². The highest BCUT2D eigenvalue weighted by Crippen LogP contribution is 2.15. The van der Waals surface area contributed by atoms with Crippen LogP contribution < -0.4 is 10.6 Å². The SMILES string of the molecule is COC(=O)c1ccc(Nc2cnnc(NCCc3ccccc3)n2)cc1. The number of nitrogens with one attached hydrogen (secondary N) is 2. The minimum Gasteiger partial charge on any atom is -0.465 e. The van der Waals surface area contributed by atoms with Gasteiger partial charge in [0.15, 0.2) is 5.82 Å². The molecule has 0 spiro atoms. The van der Waals surface area contributed by atoms with E-state index >= 15 is 0 Å². The van der Waals surface area contributed by atoms with Crippen LogP contribution in [-0.2, 0) is 11.2 Å². The lowest BCUT2D eigenvalue weighted by Crippen LogP contribution is -2.09. The van der Waals surface area contributed by atoms with E-state index in [1.165, 1.54) is 18.9 Å². The first kappa shape index (κ1) is 17.3. The van der Waals surface area contributed by atoms with E-state index in [-0.39, 0.29) is 5.97 Å². The summed E-state index contributed by atoms with van der Waals surface area (Å²) in [6.07, 6.45) is 2.41. The molecule has 2 aromatic carbocycles. The molecule has 132 valence electrons. The standard InChI is InChI=1S/C19H19N5O2/c1-26-18(25)15-7-9-16(10-8-15)22-17-13-21-24-19(23-17)20-12-11-14-5-3-2-4-6-14/h2-10,13H,11-12H2,1H3,(H2,20,22,23,24). The molecule has 26 heavy (non-hydrogen) atoms. The fraction of sp³-hybridized carbons (Fsp3) is 0.158. The first-order valence-electron chi connectivity index (χ1n) is 8.17. The van der Waals surface area contributed by atoms with Gasteiger partial charge in [-0.25, -0.2) is 4.79 Å². The molecular weight excluding hydrogens is 330 g/mol. The van der Waals surface area contributed by atoms with Crippen molar-refractivity contribution in [1.29, 1.82) is 0 Å². The predicted octanol–water partition coefficient (Wildman–Crippen LogP) is 3.06. The van der Waals surface area contributed by atoms with Crippen molar-refractivity contribution in [1.82, 2.24) is 15.2 Å². The molecule has 0 fully saturated rings. The first-order valence-corrected chi connectivity index (χ1v) is 8.17. The number of carbonyl (C=O) groups is 1. The van der Waals surface area contributed by atoms with Crippen LogP contribution in [0.15, 0.2) is 60.8 Å². The molecule has 1 heterocycles. The van der Waals surface area contributed by atoms with Gasteiger partial charge in [-0.3, -0.25) is 0 Å². The van der Waals surface area contributed by atoms with Crippen LogP contribution in [0, 0.1) is 0 Å². The number of carbonyl (C=O) groups excluding carboxylic acids is 1. The van der Waals surface area contributed by atoms with Crippen molar-refractivity contribution in [2.45, 2.75) is 6.42 Å². The Hall–Kier alpha value is -3.48. The van der Waals surface area contributed by atoms with E-state index in [4.69, 9.17) is 0 Å². The van der Waals surface area contributed by atoms with Crippen LogP contribution in [0.1, 0.15) is 15.9 Å². The molecule has 0 aliphatic heterocycles. The second-order valence-electron chi connectivity index (χ2n) is 5.52. The molecule has 7 heteroatoms. The number of hydrogen-bond acceptors (Lipinski definition) is 7. The summed E-state index contributed by atoms with van der Waals surface area (Å²) in [5.74, 6) is 0.648. The van der Waals surface area contributed by atoms with E-state index in [9.17, 15) is 4.79 Å². The number of anilines is 3. The fourth-order valence-corrected chi connectivity index (χ4v) is 2.36. The number of hydrogen-bond donors (Lipinski definition) is 2. The molecule has 0 radical (unpaired) electrons. The quantitative estimate of drug-likeness (QED) is 0.634. The maximum absolute atomic E-state index is 11.4. The third kappa shape index (κ3) is 4.76. The maximum atomic E-state index is 11.4. The zero-order valence-corrected chi connectivity index (χ0v) is 14.3. The predicted molar refractivity (Wildman–Crippen MR) is 99.5 cm³/mol. The Morgan fingerprint density at radius 3 is 2.58 bits per heavy atom. The van der Waals surface area contributed by atoms with Crippen molar-refractivity contribution in [2.24, 2.45) is 0 Å². The third-order valence-electron chi connectivity index (χ3n) is 3.68. The summed E-state index contributed by atoms with van der Waals surface area (Å²) in [4.78, 5) is 15.8. The van der Waals surface area contributed by atoms with Crippen molar-refractivity contribution in [2.75, 3.05) is 24.3 Å². The molecule has 7 nitrogen and oxygen atoms in total. The molecular formula is C19H19N5O2. The molecule has 0 saturated heterocycles. The third-order valence-corrected chi connectivity index (χ3v) is 3.68. The van der Waals surface area contributed by atoms with Crippen molar-refractivity contribution >= 4 is 23.4 Å². The van der Waals surface area contributed by atoms with Crippen molar-refractivity contribution in [3.05, 3.63) is 71.9 Å². The average Bonchev–Trinajstić information content (AvgIpc) is 2.69. The van der Waals surface area contributed by atoms with Gasteiger partial charge < -0.3 is 15.4 Å². The molecule has 0 saturated carbocycles. The number of benzene rings is 2. The normalized spacial score (nSPS) is 10.2. The lowest BCUT2D eigenvalue weighted by molar-refractivity contribution is 0.0601. The second kappa shape index (κ2) is 8.57. The Morgan fingerprint density at radius 1 is 1.08 bits per heavy atom. The van der Waals surface area contributed by atoms with Gasteiger partial charge in [-0.15, -0.1) is 5.10 Å². The summed E-state index contributed by atoms with van der Waals surface area (Å²) in [5, 5.41) is 14.2. The van der Waals surface area contributed by atoms with E-state index in [2.05, 4.69) is 42.7 Å². The van der Waals surface area contributed by atoms with E-state index in [0.29, 0.717) is 23.9 Å². The number of ether oxygens (including phenoxy) is 1. The van der Waals surface area contributed by atoms with E-state index in [0.717, 1.165) is 12.1 Å². The van der Waals surface area contributed by atoms with Crippen molar-refractivity contribution in [3.63, 3.8) is 0 Å². The minimum atomic E-state index is -0.370. The fourth-order valence-electron chi connectivity index (χ4n) is 2.36. The van der Waals surface area contributed by atoms with Gasteiger partial charge in [0.2, 0.25) is 5.95 Å². The lowest BCUT2D eigenvalue weighted by Gasteiger charge is -2.08. The smallest absolute Gasteiger partial charge is 0.337 e. The first-order chi connectivity index (χ1) is 12.7. The highest BCUT2D eigenvalue weighted by molar-refractivity contribution is 5.89. The van der Waals surface area contributed by atoms with Gasteiger partial charge in [0, 0.05) is 12.2 Å². The minimum absolute atomic E-state index is 0.370. The number of rotatable bonds is 7. The largest absolute Gasteiger partial charge is 0.465 e. The molecule has 0 amide bonds. The van der Waals surface area contributed by atoms with E-state index in [1.54, 1.807) is 24.3 Å². The zero-order valence-electron chi connectivity index (χ0n) is 14.3. The van der Waals surface area contributed by atoms with E-state index in [1.807, 2.05) is 18.2 Å². The Labute approximate surface area is 151 Å². The summed E-state index contributed by atoms with van der Waals surface area (Å²) in [7, 11) is 1.35. The lowest BCUT2D eigenvalue weighted by atomic mass is 10.1. The van der Waals surface area contributed by atoms with Crippen LogP contribution >= 0.6 is 0 Å². The van der Waals surface area contributed by atoms with Crippen LogP contribution in [0.5, 0.6) is 0 Å². The van der Waals surface area contributed by atoms with E-state index < -0.39 is 0 Å². The number of nitrogens with zero attached hydrogens (tertiary/aromatic N) is 3. The van der Waals surface area contributed by atoms with Crippen LogP contribution in [0.3, 0.4) is 0 Å². The molecule has 1 aromatic heterocycles.